The van der Waals surface area contributed by atoms with E-state index in [-0.39, 0.29) is 0 Å². The van der Waals surface area contributed by atoms with Gasteiger partial charge in [-0.05, 0) is 59.7 Å². The second kappa shape index (κ2) is 9.39. The summed E-state index contributed by atoms with van der Waals surface area (Å²) in [5.41, 5.74) is 3.83. The van der Waals surface area contributed by atoms with E-state index in [1.807, 2.05) is 36.4 Å². The fourth-order valence-corrected chi connectivity index (χ4v) is 4.40. The molecule has 0 bridgehead atoms. The molecule has 1 fully saturated rings. The van der Waals surface area contributed by atoms with Crippen molar-refractivity contribution in [1.82, 2.24) is 0 Å². The summed E-state index contributed by atoms with van der Waals surface area (Å²) in [6.07, 6.45) is 10.5. The first-order valence-corrected chi connectivity index (χ1v) is 10.2. The standard InChI is InChI=1S/C23H31BO2/c1-2-3-5-8-18-11-13-19(14-12-18)21-15-16-22(23(17-21)24(25)26)20-9-6-4-7-10-20/h4,6-7,9-10,15-19,25-26H,2-3,5,8,11-14H2,1H3. The minimum absolute atomic E-state index is 0.555. The maximum absolute atomic E-state index is 9.91. The number of hydrogen-bond donors (Lipinski definition) is 2. The van der Waals surface area contributed by atoms with Gasteiger partial charge in [-0.3, -0.25) is 0 Å². The van der Waals surface area contributed by atoms with Crippen LogP contribution in [0.5, 0.6) is 0 Å². The molecule has 2 aromatic rings. The van der Waals surface area contributed by atoms with Gasteiger partial charge in [0.25, 0.3) is 0 Å². The molecule has 26 heavy (non-hydrogen) atoms. The number of hydrogen-bond acceptors (Lipinski definition) is 2. The van der Waals surface area contributed by atoms with Gasteiger partial charge in [-0.2, -0.15) is 0 Å². The van der Waals surface area contributed by atoms with Crippen molar-refractivity contribution >= 4 is 12.6 Å². The molecule has 0 unspecified atom stereocenters. The van der Waals surface area contributed by atoms with Gasteiger partial charge in [-0.25, -0.2) is 0 Å². The zero-order valence-corrected chi connectivity index (χ0v) is 15.9. The van der Waals surface area contributed by atoms with Crippen LogP contribution in [0.3, 0.4) is 0 Å². The van der Waals surface area contributed by atoms with Crippen LogP contribution < -0.4 is 5.46 Å². The van der Waals surface area contributed by atoms with E-state index >= 15 is 0 Å². The predicted molar refractivity (Wildman–Crippen MR) is 111 cm³/mol. The summed E-state index contributed by atoms with van der Waals surface area (Å²) in [5, 5.41) is 19.8. The Morgan fingerprint density at radius 3 is 2.31 bits per heavy atom. The number of unbranched alkanes of at least 4 members (excludes halogenated alkanes) is 2. The zero-order valence-electron chi connectivity index (χ0n) is 15.9. The minimum atomic E-state index is -1.43. The lowest BCUT2D eigenvalue weighted by molar-refractivity contribution is 0.303. The van der Waals surface area contributed by atoms with Gasteiger partial charge in [-0.1, -0.05) is 81.1 Å². The Bertz CT molecular complexity index is 676. The van der Waals surface area contributed by atoms with Gasteiger partial charge < -0.3 is 10.0 Å². The first-order chi connectivity index (χ1) is 12.7. The van der Waals surface area contributed by atoms with Crippen molar-refractivity contribution in [2.45, 2.75) is 64.2 Å². The molecule has 0 spiro atoms. The monoisotopic (exact) mass is 350 g/mol. The summed E-state index contributed by atoms with van der Waals surface area (Å²) in [4.78, 5) is 0. The van der Waals surface area contributed by atoms with Crippen molar-refractivity contribution in [3.8, 4) is 11.1 Å². The van der Waals surface area contributed by atoms with Gasteiger partial charge >= 0.3 is 7.12 Å². The minimum Gasteiger partial charge on any atom is -0.423 e. The molecule has 1 aliphatic rings. The largest absolute Gasteiger partial charge is 0.489 e. The highest BCUT2D eigenvalue weighted by Crippen LogP contribution is 2.38. The number of rotatable bonds is 7. The van der Waals surface area contributed by atoms with E-state index in [0.29, 0.717) is 11.4 Å². The highest BCUT2D eigenvalue weighted by molar-refractivity contribution is 6.60. The fourth-order valence-electron chi connectivity index (χ4n) is 4.40. The third-order valence-electron chi connectivity index (χ3n) is 5.97. The SMILES string of the molecule is CCCCCC1CCC(c2ccc(-c3ccccc3)c(B(O)O)c2)CC1. The second-order valence-corrected chi connectivity index (χ2v) is 7.80. The van der Waals surface area contributed by atoms with Crippen LogP contribution in [0.2, 0.25) is 0 Å². The van der Waals surface area contributed by atoms with E-state index in [9.17, 15) is 10.0 Å². The van der Waals surface area contributed by atoms with Gasteiger partial charge in [0, 0.05) is 0 Å². The molecule has 0 heterocycles. The van der Waals surface area contributed by atoms with Crippen LogP contribution >= 0.6 is 0 Å². The zero-order chi connectivity index (χ0) is 18.4. The molecule has 2 nitrogen and oxygen atoms in total. The number of benzene rings is 2. The molecule has 1 saturated carbocycles. The van der Waals surface area contributed by atoms with Crippen LogP contribution in [0.1, 0.15) is 69.8 Å². The van der Waals surface area contributed by atoms with Crippen LogP contribution in [0, 0.1) is 5.92 Å². The maximum atomic E-state index is 9.91. The Balaban J connectivity index is 1.71. The fraction of sp³-hybridized carbons (Fsp3) is 0.478. The molecule has 3 heteroatoms. The maximum Gasteiger partial charge on any atom is 0.489 e. The molecule has 0 saturated heterocycles. The van der Waals surface area contributed by atoms with Gasteiger partial charge in [0.2, 0.25) is 0 Å². The van der Waals surface area contributed by atoms with E-state index in [1.54, 1.807) is 0 Å². The van der Waals surface area contributed by atoms with E-state index in [2.05, 4.69) is 19.1 Å². The molecular weight excluding hydrogens is 319 g/mol. The van der Waals surface area contributed by atoms with E-state index in [1.165, 1.54) is 56.9 Å². The topological polar surface area (TPSA) is 40.5 Å². The molecule has 2 N–H and O–H groups in total. The Morgan fingerprint density at radius 2 is 1.65 bits per heavy atom. The van der Waals surface area contributed by atoms with Gasteiger partial charge in [-0.15, -0.1) is 0 Å². The van der Waals surface area contributed by atoms with Crippen LogP contribution in [0.25, 0.3) is 11.1 Å². The van der Waals surface area contributed by atoms with Crippen LogP contribution in [-0.4, -0.2) is 17.2 Å². The molecule has 2 aromatic carbocycles. The quantitative estimate of drug-likeness (QED) is 0.551. The summed E-state index contributed by atoms with van der Waals surface area (Å²) in [6.45, 7) is 2.27. The average molecular weight is 350 g/mol. The molecule has 0 amide bonds. The summed E-state index contributed by atoms with van der Waals surface area (Å²) < 4.78 is 0. The van der Waals surface area contributed by atoms with Crippen molar-refractivity contribution in [3.63, 3.8) is 0 Å². The third-order valence-corrected chi connectivity index (χ3v) is 5.97. The van der Waals surface area contributed by atoms with Crippen molar-refractivity contribution in [1.29, 1.82) is 0 Å². The summed E-state index contributed by atoms with van der Waals surface area (Å²) >= 11 is 0. The first kappa shape index (κ1) is 19.2. The molecule has 1 aliphatic carbocycles. The van der Waals surface area contributed by atoms with Crippen molar-refractivity contribution < 1.29 is 10.0 Å². The van der Waals surface area contributed by atoms with Crippen molar-refractivity contribution in [3.05, 3.63) is 54.1 Å². The average Bonchev–Trinajstić information content (AvgIpc) is 2.69. The molecule has 0 radical (unpaired) electrons. The van der Waals surface area contributed by atoms with Gasteiger partial charge in [0.05, 0.1) is 0 Å². The van der Waals surface area contributed by atoms with E-state index < -0.39 is 7.12 Å². The van der Waals surface area contributed by atoms with E-state index in [4.69, 9.17) is 0 Å². The molecule has 3 rings (SSSR count). The van der Waals surface area contributed by atoms with E-state index in [0.717, 1.165) is 17.0 Å². The van der Waals surface area contributed by atoms with Crippen LogP contribution in [0.15, 0.2) is 48.5 Å². The summed E-state index contributed by atoms with van der Waals surface area (Å²) in [5.74, 6) is 1.45. The van der Waals surface area contributed by atoms with Crippen LogP contribution in [0.4, 0.5) is 0 Å². The highest BCUT2D eigenvalue weighted by Gasteiger charge is 2.24. The van der Waals surface area contributed by atoms with Crippen molar-refractivity contribution in [2.24, 2.45) is 5.92 Å². The lowest BCUT2D eigenvalue weighted by Gasteiger charge is -2.29. The lowest BCUT2D eigenvalue weighted by atomic mass is 9.71. The molecule has 0 aromatic heterocycles. The molecule has 138 valence electrons. The predicted octanol–water partition coefficient (Wildman–Crippen LogP) is 4.89. The third kappa shape index (κ3) is 4.78. The normalized spacial score (nSPS) is 20.1. The lowest BCUT2D eigenvalue weighted by Crippen LogP contribution is -2.32. The van der Waals surface area contributed by atoms with Gasteiger partial charge in [0.1, 0.15) is 0 Å². The summed E-state index contributed by atoms with van der Waals surface area (Å²) in [6, 6.07) is 16.3. The molecular formula is C23H31BO2. The second-order valence-electron chi connectivity index (χ2n) is 7.80. The first-order valence-electron chi connectivity index (χ1n) is 10.2. The Labute approximate surface area is 158 Å². The molecule has 0 aliphatic heterocycles. The summed E-state index contributed by atoms with van der Waals surface area (Å²) in [7, 11) is -1.43. The molecule has 0 atom stereocenters. The van der Waals surface area contributed by atoms with Crippen molar-refractivity contribution in [2.75, 3.05) is 0 Å². The smallest absolute Gasteiger partial charge is 0.423 e. The Hall–Kier alpha value is -1.58. The van der Waals surface area contributed by atoms with Gasteiger partial charge in [0.15, 0.2) is 0 Å². The Morgan fingerprint density at radius 1 is 0.923 bits per heavy atom. The van der Waals surface area contributed by atoms with Crippen LogP contribution in [-0.2, 0) is 0 Å². The highest BCUT2D eigenvalue weighted by atomic mass is 16.4. The Kier molecular flexibility index (Phi) is 6.93.